The maximum absolute atomic E-state index is 4.96. The lowest BCUT2D eigenvalue weighted by molar-refractivity contribution is 0.164. The number of thiophene rings is 1. The van der Waals surface area contributed by atoms with Gasteiger partial charge in [0, 0.05) is 29.7 Å². The molecule has 0 aliphatic carbocycles. The Morgan fingerprint density at radius 3 is 2.72 bits per heavy atom. The van der Waals surface area contributed by atoms with Crippen LogP contribution in [0.25, 0.3) is 5.69 Å². The van der Waals surface area contributed by atoms with Crippen molar-refractivity contribution in [3.05, 3.63) is 76.0 Å². The van der Waals surface area contributed by atoms with Gasteiger partial charge in [0.15, 0.2) is 5.82 Å². The van der Waals surface area contributed by atoms with Gasteiger partial charge in [-0.15, -0.1) is 16.4 Å². The van der Waals surface area contributed by atoms with Crippen molar-refractivity contribution in [3.8, 4) is 5.69 Å². The molecule has 0 bridgehead atoms. The maximum atomic E-state index is 4.96. The Bertz CT molecular complexity index is 1080. The van der Waals surface area contributed by atoms with Gasteiger partial charge in [0.05, 0.1) is 17.9 Å². The third-order valence-corrected chi connectivity index (χ3v) is 6.20. The lowest BCUT2D eigenvalue weighted by atomic mass is 9.97. The second-order valence-corrected chi connectivity index (χ2v) is 8.65. The molecule has 1 aliphatic heterocycles. The van der Waals surface area contributed by atoms with E-state index in [-0.39, 0.29) is 6.04 Å². The average molecular weight is 406 g/mol. The summed E-state index contributed by atoms with van der Waals surface area (Å²) in [6.45, 7) is 6.96. The molecule has 8 heteroatoms. The van der Waals surface area contributed by atoms with Crippen LogP contribution in [0.2, 0.25) is 0 Å². The summed E-state index contributed by atoms with van der Waals surface area (Å²) >= 11 is 1.79. The van der Waals surface area contributed by atoms with Crippen LogP contribution in [-0.2, 0) is 13.1 Å². The highest BCUT2D eigenvalue weighted by Crippen LogP contribution is 2.36. The Morgan fingerprint density at radius 2 is 1.97 bits per heavy atom. The minimum atomic E-state index is -0.0179. The van der Waals surface area contributed by atoms with Gasteiger partial charge in [-0.1, -0.05) is 38.1 Å². The van der Waals surface area contributed by atoms with Crippen molar-refractivity contribution in [2.45, 2.75) is 38.9 Å². The van der Waals surface area contributed by atoms with E-state index in [0.717, 1.165) is 36.8 Å². The first kappa shape index (κ1) is 18.2. The first-order chi connectivity index (χ1) is 14.2. The molecule has 0 spiro atoms. The van der Waals surface area contributed by atoms with E-state index in [2.05, 4.69) is 70.1 Å². The zero-order chi connectivity index (χ0) is 19.8. The Morgan fingerprint density at radius 1 is 1.10 bits per heavy atom. The maximum Gasteiger partial charge on any atom is 0.173 e. The lowest BCUT2D eigenvalue weighted by Gasteiger charge is -2.34. The van der Waals surface area contributed by atoms with Gasteiger partial charge < -0.3 is 0 Å². The summed E-state index contributed by atoms with van der Waals surface area (Å²) in [6.07, 6.45) is 2.15. The third kappa shape index (κ3) is 3.38. The highest BCUT2D eigenvalue weighted by molar-refractivity contribution is 7.09. The minimum Gasteiger partial charge on any atom is -0.283 e. The number of benzene rings is 1. The van der Waals surface area contributed by atoms with Crippen LogP contribution in [0.4, 0.5) is 0 Å². The van der Waals surface area contributed by atoms with Crippen molar-refractivity contribution in [2.24, 2.45) is 0 Å². The fourth-order valence-corrected chi connectivity index (χ4v) is 4.69. The van der Waals surface area contributed by atoms with E-state index in [1.54, 1.807) is 11.3 Å². The molecule has 29 heavy (non-hydrogen) atoms. The Labute approximate surface area is 173 Å². The molecule has 3 aromatic heterocycles. The largest absolute Gasteiger partial charge is 0.283 e. The second-order valence-electron chi connectivity index (χ2n) is 7.62. The highest BCUT2D eigenvalue weighted by Gasteiger charge is 2.35. The molecule has 7 nitrogen and oxygen atoms in total. The topological polar surface area (TPSA) is 64.7 Å². The summed E-state index contributed by atoms with van der Waals surface area (Å²) in [5.74, 6) is 1.19. The zero-order valence-electron chi connectivity index (χ0n) is 16.5. The van der Waals surface area contributed by atoms with Crippen molar-refractivity contribution in [1.29, 1.82) is 0 Å². The van der Waals surface area contributed by atoms with Crippen molar-refractivity contribution in [1.82, 2.24) is 34.9 Å². The second kappa shape index (κ2) is 7.53. The molecule has 5 rings (SSSR count). The molecule has 1 atom stereocenters. The molecule has 0 N–H and O–H groups in total. The number of hydrogen-bond donors (Lipinski definition) is 0. The molecule has 148 valence electrons. The monoisotopic (exact) mass is 405 g/mol. The van der Waals surface area contributed by atoms with Gasteiger partial charge in [-0.05, 0) is 39.9 Å². The third-order valence-electron chi connectivity index (χ3n) is 5.34. The van der Waals surface area contributed by atoms with Crippen LogP contribution < -0.4 is 0 Å². The van der Waals surface area contributed by atoms with Gasteiger partial charge in [0.1, 0.15) is 6.04 Å². The molecule has 0 radical (unpaired) electrons. The summed E-state index contributed by atoms with van der Waals surface area (Å²) in [4.78, 5) is 3.81. The molecule has 0 saturated carbocycles. The van der Waals surface area contributed by atoms with Gasteiger partial charge in [0.2, 0.25) is 0 Å². The standard InChI is InChI=1S/C21H23N7S/c1-15(2)19-18(14-28(23-19)16-7-4-3-5-8-16)20-21-22-24-25-27(21)11-10-26(20)13-17-9-6-12-29-17/h3-9,12,14-15,20H,10-11,13H2,1-2H3/t20-/m0/s1. The summed E-state index contributed by atoms with van der Waals surface area (Å²) in [5.41, 5.74) is 3.32. The molecule has 0 fully saturated rings. The number of rotatable bonds is 5. The lowest BCUT2D eigenvalue weighted by Crippen LogP contribution is -2.39. The quantitative estimate of drug-likeness (QED) is 0.507. The summed E-state index contributed by atoms with van der Waals surface area (Å²) in [7, 11) is 0. The first-order valence-corrected chi connectivity index (χ1v) is 10.8. The molecule has 0 saturated heterocycles. The van der Waals surface area contributed by atoms with Crippen LogP contribution in [0.3, 0.4) is 0 Å². The average Bonchev–Trinajstić information content (AvgIpc) is 3.49. The Balaban J connectivity index is 1.62. The van der Waals surface area contributed by atoms with Gasteiger partial charge >= 0.3 is 0 Å². The van der Waals surface area contributed by atoms with Crippen molar-refractivity contribution in [3.63, 3.8) is 0 Å². The van der Waals surface area contributed by atoms with Gasteiger partial charge in [0.25, 0.3) is 0 Å². The number of tetrazole rings is 1. The van der Waals surface area contributed by atoms with Gasteiger partial charge in [-0.25, -0.2) is 9.36 Å². The fourth-order valence-electron chi connectivity index (χ4n) is 3.96. The zero-order valence-corrected chi connectivity index (χ0v) is 17.3. The van der Waals surface area contributed by atoms with E-state index in [9.17, 15) is 0 Å². The normalized spacial score (nSPS) is 17.0. The van der Waals surface area contributed by atoms with Crippen LogP contribution in [0.1, 0.15) is 47.8 Å². The number of para-hydroxylation sites is 1. The van der Waals surface area contributed by atoms with E-state index in [0.29, 0.717) is 5.92 Å². The Hall–Kier alpha value is -2.84. The number of fused-ring (bicyclic) bond motifs is 1. The minimum absolute atomic E-state index is 0.0179. The highest BCUT2D eigenvalue weighted by atomic mass is 32.1. The van der Waals surface area contributed by atoms with E-state index < -0.39 is 0 Å². The SMILES string of the molecule is CC(C)c1nn(-c2ccccc2)cc1[C@H]1c2nnnn2CCN1Cc1cccs1. The van der Waals surface area contributed by atoms with E-state index in [1.165, 1.54) is 10.4 Å². The summed E-state index contributed by atoms with van der Waals surface area (Å²) < 4.78 is 3.91. The fraction of sp³-hybridized carbons (Fsp3) is 0.333. The molecular weight excluding hydrogens is 382 g/mol. The Kier molecular flexibility index (Phi) is 4.73. The predicted molar refractivity (Wildman–Crippen MR) is 112 cm³/mol. The van der Waals surface area contributed by atoms with Gasteiger partial charge in [-0.3, -0.25) is 4.90 Å². The summed E-state index contributed by atoms with van der Waals surface area (Å²) in [6, 6.07) is 14.5. The molecular formula is C21H23N7S. The molecule has 1 aliphatic rings. The van der Waals surface area contributed by atoms with Crippen molar-refractivity contribution < 1.29 is 0 Å². The van der Waals surface area contributed by atoms with Crippen LogP contribution in [0.5, 0.6) is 0 Å². The number of aromatic nitrogens is 6. The van der Waals surface area contributed by atoms with Crippen LogP contribution in [0, 0.1) is 0 Å². The van der Waals surface area contributed by atoms with Crippen LogP contribution >= 0.6 is 11.3 Å². The number of hydrogen-bond acceptors (Lipinski definition) is 6. The molecule has 4 heterocycles. The van der Waals surface area contributed by atoms with Gasteiger partial charge in [-0.2, -0.15) is 5.10 Å². The summed E-state index contributed by atoms with van der Waals surface area (Å²) in [5, 5.41) is 19.7. The van der Waals surface area contributed by atoms with E-state index in [1.807, 2.05) is 27.6 Å². The predicted octanol–water partition coefficient (Wildman–Crippen LogP) is 3.65. The molecule has 0 unspecified atom stereocenters. The smallest absolute Gasteiger partial charge is 0.173 e. The molecule has 0 amide bonds. The first-order valence-electron chi connectivity index (χ1n) is 9.88. The number of nitrogens with zero attached hydrogens (tertiary/aromatic N) is 7. The van der Waals surface area contributed by atoms with Crippen LogP contribution in [0.15, 0.2) is 54.0 Å². The van der Waals surface area contributed by atoms with Crippen molar-refractivity contribution in [2.75, 3.05) is 6.54 Å². The van der Waals surface area contributed by atoms with Crippen LogP contribution in [-0.4, -0.2) is 41.4 Å². The molecule has 4 aromatic rings. The molecule has 1 aromatic carbocycles. The van der Waals surface area contributed by atoms with E-state index in [4.69, 9.17) is 5.10 Å². The van der Waals surface area contributed by atoms with Crippen molar-refractivity contribution >= 4 is 11.3 Å². The van der Waals surface area contributed by atoms with E-state index >= 15 is 0 Å².